The minimum absolute atomic E-state index is 0.0161. The Morgan fingerprint density at radius 2 is 1.72 bits per heavy atom. The topological polar surface area (TPSA) is 47.4 Å². The van der Waals surface area contributed by atoms with Gasteiger partial charge in [-0.05, 0) is 69.2 Å². The molecule has 164 valence electrons. The highest BCUT2D eigenvalue weighted by molar-refractivity contribution is 5.94. The zero-order chi connectivity index (χ0) is 22.7. The van der Waals surface area contributed by atoms with E-state index in [2.05, 4.69) is 12.1 Å². The molecule has 0 fully saturated rings. The van der Waals surface area contributed by atoms with Crippen molar-refractivity contribution in [1.82, 2.24) is 9.55 Å². The van der Waals surface area contributed by atoms with Gasteiger partial charge < -0.3 is 14.2 Å². The smallest absolute Gasteiger partial charge is 0.247 e. The highest BCUT2D eigenvalue weighted by atomic mass is 16.5. The molecule has 0 aliphatic rings. The van der Waals surface area contributed by atoms with E-state index in [0.717, 1.165) is 39.4 Å². The first-order valence-corrected chi connectivity index (χ1v) is 11.0. The molecule has 0 spiro atoms. The zero-order valence-electron chi connectivity index (χ0n) is 19.1. The molecule has 0 saturated carbocycles. The van der Waals surface area contributed by atoms with Crippen LogP contribution in [0, 0.1) is 13.8 Å². The number of imidazole rings is 1. The van der Waals surface area contributed by atoms with Crippen LogP contribution < -0.4 is 9.64 Å². The lowest BCUT2D eigenvalue weighted by Gasteiger charge is -2.27. The number of amides is 1. The van der Waals surface area contributed by atoms with Crippen molar-refractivity contribution in [2.45, 2.75) is 46.9 Å². The van der Waals surface area contributed by atoms with Gasteiger partial charge in [-0.1, -0.05) is 42.5 Å². The molecule has 0 aliphatic heterocycles. The van der Waals surface area contributed by atoms with Crippen LogP contribution in [0.3, 0.4) is 0 Å². The van der Waals surface area contributed by atoms with E-state index in [-0.39, 0.29) is 18.5 Å². The van der Waals surface area contributed by atoms with E-state index in [1.54, 1.807) is 0 Å². The summed E-state index contributed by atoms with van der Waals surface area (Å²) in [4.78, 5) is 20.1. The predicted octanol–water partition coefficient (Wildman–Crippen LogP) is 5.67. The van der Waals surface area contributed by atoms with E-state index in [0.29, 0.717) is 6.61 Å². The maximum absolute atomic E-state index is 13.5. The van der Waals surface area contributed by atoms with Gasteiger partial charge in [-0.25, -0.2) is 4.98 Å². The zero-order valence-corrected chi connectivity index (χ0v) is 19.1. The summed E-state index contributed by atoms with van der Waals surface area (Å²) in [5.41, 5.74) is 4.90. The highest BCUT2D eigenvalue weighted by Gasteiger charge is 2.22. The highest BCUT2D eigenvalue weighted by Crippen LogP contribution is 2.23. The third-order valence-corrected chi connectivity index (χ3v) is 5.55. The first kappa shape index (κ1) is 21.6. The molecule has 5 nitrogen and oxygen atoms in total. The molecule has 0 atom stereocenters. The second kappa shape index (κ2) is 9.27. The molecule has 0 aliphatic carbocycles. The maximum Gasteiger partial charge on any atom is 0.247 e. The van der Waals surface area contributed by atoms with Gasteiger partial charge in [0.1, 0.15) is 24.7 Å². The predicted molar refractivity (Wildman–Crippen MR) is 129 cm³/mol. The van der Waals surface area contributed by atoms with Crippen LogP contribution in [0.2, 0.25) is 0 Å². The van der Waals surface area contributed by atoms with Gasteiger partial charge in [0.05, 0.1) is 11.0 Å². The van der Waals surface area contributed by atoms with Crippen LogP contribution in [0.15, 0.2) is 72.8 Å². The van der Waals surface area contributed by atoms with E-state index in [9.17, 15) is 4.79 Å². The van der Waals surface area contributed by atoms with Gasteiger partial charge in [-0.3, -0.25) is 4.79 Å². The molecule has 1 heterocycles. The summed E-state index contributed by atoms with van der Waals surface area (Å²) in [6.45, 7) is 8.62. The van der Waals surface area contributed by atoms with Crippen LogP contribution in [0.1, 0.15) is 30.8 Å². The molecule has 0 saturated heterocycles. The normalized spacial score (nSPS) is 11.2. The largest absolute Gasteiger partial charge is 0.485 e. The van der Waals surface area contributed by atoms with Crippen molar-refractivity contribution in [2.75, 3.05) is 4.90 Å². The summed E-state index contributed by atoms with van der Waals surface area (Å²) in [5.74, 6) is 1.59. The summed E-state index contributed by atoms with van der Waals surface area (Å²) < 4.78 is 8.11. The molecular weight excluding hydrogens is 398 g/mol. The molecule has 0 N–H and O–H groups in total. The third-order valence-electron chi connectivity index (χ3n) is 5.55. The van der Waals surface area contributed by atoms with Gasteiger partial charge in [-0.2, -0.15) is 0 Å². The van der Waals surface area contributed by atoms with Gasteiger partial charge in [0.2, 0.25) is 5.91 Å². The number of para-hydroxylation sites is 3. The van der Waals surface area contributed by atoms with Gasteiger partial charge in [-0.15, -0.1) is 0 Å². The Morgan fingerprint density at radius 1 is 1.00 bits per heavy atom. The van der Waals surface area contributed by atoms with Crippen molar-refractivity contribution < 1.29 is 9.53 Å². The number of benzene rings is 3. The fraction of sp³-hybridized carbons (Fsp3) is 0.259. The summed E-state index contributed by atoms with van der Waals surface area (Å²) in [5, 5.41) is 0. The SMILES string of the molecule is Cc1ccc(C)c(OCc2nc3ccccc3n2CC(=O)N(c2ccccc2)C(C)C)c1. The van der Waals surface area contributed by atoms with Crippen LogP contribution >= 0.6 is 0 Å². The summed E-state index contributed by atoms with van der Waals surface area (Å²) in [6.07, 6.45) is 0. The fourth-order valence-corrected chi connectivity index (χ4v) is 3.95. The van der Waals surface area contributed by atoms with Crippen molar-refractivity contribution in [2.24, 2.45) is 0 Å². The second-order valence-corrected chi connectivity index (χ2v) is 8.35. The van der Waals surface area contributed by atoms with Crippen LogP contribution in [0.25, 0.3) is 11.0 Å². The monoisotopic (exact) mass is 427 g/mol. The molecule has 0 radical (unpaired) electrons. The van der Waals surface area contributed by atoms with Crippen molar-refractivity contribution in [3.8, 4) is 5.75 Å². The number of carbonyl (C=O) groups is 1. The number of ether oxygens (including phenoxy) is 1. The van der Waals surface area contributed by atoms with Crippen molar-refractivity contribution in [3.63, 3.8) is 0 Å². The van der Waals surface area contributed by atoms with Gasteiger partial charge in [0.25, 0.3) is 0 Å². The standard InChI is InChI=1S/C27H29N3O2/c1-19(2)30(22-10-6-5-7-11-22)27(31)17-29-24-13-9-8-12-23(24)28-26(29)18-32-25-16-20(3)14-15-21(25)4/h5-16,19H,17-18H2,1-4H3. The Balaban J connectivity index is 1.65. The van der Waals surface area contributed by atoms with E-state index in [1.807, 2.05) is 97.8 Å². The molecule has 1 amide bonds. The van der Waals surface area contributed by atoms with Crippen molar-refractivity contribution >= 4 is 22.6 Å². The number of hydrogen-bond acceptors (Lipinski definition) is 3. The fourth-order valence-electron chi connectivity index (χ4n) is 3.95. The third kappa shape index (κ3) is 4.52. The van der Waals surface area contributed by atoms with Crippen LogP contribution in [0.4, 0.5) is 5.69 Å². The van der Waals surface area contributed by atoms with Gasteiger partial charge >= 0.3 is 0 Å². The van der Waals surface area contributed by atoms with Crippen molar-refractivity contribution in [3.05, 3.63) is 89.7 Å². The number of anilines is 1. The van der Waals surface area contributed by atoms with Crippen molar-refractivity contribution in [1.29, 1.82) is 0 Å². The number of nitrogens with zero attached hydrogens (tertiary/aromatic N) is 3. The molecule has 3 aromatic carbocycles. The lowest BCUT2D eigenvalue weighted by atomic mass is 10.1. The number of aryl methyl sites for hydroxylation is 2. The molecule has 0 bridgehead atoms. The van der Waals surface area contributed by atoms with Crippen LogP contribution in [-0.4, -0.2) is 21.5 Å². The summed E-state index contributed by atoms with van der Waals surface area (Å²) in [7, 11) is 0. The number of rotatable bonds is 7. The van der Waals surface area contributed by atoms with E-state index >= 15 is 0 Å². The molecule has 4 rings (SSSR count). The molecule has 32 heavy (non-hydrogen) atoms. The first-order chi connectivity index (χ1) is 15.4. The minimum Gasteiger partial charge on any atom is -0.485 e. The Morgan fingerprint density at radius 3 is 2.47 bits per heavy atom. The number of aromatic nitrogens is 2. The number of fused-ring (bicyclic) bond motifs is 1. The lowest BCUT2D eigenvalue weighted by molar-refractivity contribution is -0.119. The van der Waals surface area contributed by atoms with E-state index < -0.39 is 0 Å². The Hall–Kier alpha value is -3.60. The van der Waals surface area contributed by atoms with Gasteiger partial charge in [0.15, 0.2) is 0 Å². The van der Waals surface area contributed by atoms with E-state index in [1.165, 1.54) is 0 Å². The maximum atomic E-state index is 13.5. The average molecular weight is 428 g/mol. The second-order valence-electron chi connectivity index (χ2n) is 8.35. The first-order valence-electron chi connectivity index (χ1n) is 11.0. The molecule has 4 aromatic rings. The molecule has 0 unspecified atom stereocenters. The summed E-state index contributed by atoms with van der Waals surface area (Å²) in [6, 6.07) is 23.9. The molecular formula is C27H29N3O2. The Labute approximate surface area is 189 Å². The number of carbonyl (C=O) groups excluding carboxylic acids is 1. The minimum atomic E-state index is 0.0161. The van der Waals surface area contributed by atoms with Gasteiger partial charge in [0, 0.05) is 11.7 Å². The lowest BCUT2D eigenvalue weighted by Crippen LogP contribution is -2.39. The average Bonchev–Trinajstić information content (AvgIpc) is 3.12. The summed E-state index contributed by atoms with van der Waals surface area (Å²) >= 11 is 0. The Kier molecular flexibility index (Phi) is 6.26. The molecule has 1 aromatic heterocycles. The Bertz CT molecular complexity index is 1230. The van der Waals surface area contributed by atoms with Crippen LogP contribution in [-0.2, 0) is 17.9 Å². The quantitative estimate of drug-likeness (QED) is 0.382. The van der Waals surface area contributed by atoms with E-state index in [4.69, 9.17) is 9.72 Å². The molecule has 5 heteroatoms. The van der Waals surface area contributed by atoms with Crippen LogP contribution in [0.5, 0.6) is 5.75 Å². The number of hydrogen-bond donors (Lipinski definition) is 0.